The van der Waals surface area contributed by atoms with E-state index < -0.39 is 5.97 Å². The molecule has 0 saturated heterocycles. The second-order valence-corrected chi connectivity index (χ2v) is 4.37. The van der Waals surface area contributed by atoms with E-state index in [1.165, 1.54) is 12.3 Å². The number of aromatic carboxylic acids is 1. The number of aromatic nitrogens is 1. The molecule has 1 heterocycles. The summed E-state index contributed by atoms with van der Waals surface area (Å²) < 4.78 is 0. The predicted molar refractivity (Wildman–Crippen MR) is 70.9 cm³/mol. The zero-order valence-electron chi connectivity index (χ0n) is 11.1. The predicted octanol–water partition coefficient (Wildman–Crippen LogP) is 1.77. The number of carbonyl (C=O) groups excluding carboxylic acids is 1. The van der Waals surface area contributed by atoms with Gasteiger partial charge in [-0.25, -0.2) is 14.6 Å². The van der Waals surface area contributed by atoms with Crippen molar-refractivity contribution in [2.24, 2.45) is 0 Å². The van der Waals surface area contributed by atoms with Gasteiger partial charge in [0.25, 0.3) is 0 Å². The van der Waals surface area contributed by atoms with E-state index in [-0.39, 0.29) is 17.8 Å². The summed E-state index contributed by atoms with van der Waals surface area (Å²) in [6.45, 7) is 4.33. The molecule has 2 amide bonds. The second kappa shape index (κ2) is 7.35. The number of urea groups is 1. The Kier molecular flexibility index (Phi) is 5.78. The first kappa shape index (κ1) is 14.9. The fraction of sp³-hybridized carbons (Fsp3) is 0.462. The molecule has 1 atom stereocenters. The van der Waals surface area contributed by atoms with Crippen LogP contribution in [-0.4, -0.2) is 28.1 Å². The highest BCUT2D eigenvalue weighted by Gasteiger charge is 2.07. The molecule has 104 valence electrons. The molecule has 1 aromatic heterocycles. The molecule has 0 aliphatic heterocycles. The molecular formula is C13H19N3O3. The Bertz CT molecular complexity index is 431. The minimum absolute atomic E-state index is 0.00947. The Morgan fingerprint density at radius 1 is 1.42 bits per heavy atom. The summed E-state index contributed by atoms with van der Waals surface area (Å²) >= 11 is 0. The lowest BCUT2D eigenvalue weighted by atomic mass is 10.2. The van der Waals surface area contributed by atoms with E-state index >= 15 is 0 Å². The topological polar surface area (TPSA) is 91.3 Å². The minimum Gasteiger partial charge on any atom is -0.477 e. The number of amides is 2. The number of hydrogen-bond acceptors (Lipinski definition) is 3. The minimum atomic E-state index is -1.06. The number of hydrogen-bond donors (Lipinski definition) is 3. The molecule has 3 N–H and O–H groups in total. The number of pyridine rings is 1. The van der Waals surface area contributed by atoms with Crippen LogP contribution >= 0.6 is 0 Å². The molecule has 19 heavy (non-hydrogen) atoms. The number of carboxylic acid groups (broad SMARTS) is 1. The molecule has 0 fully saturated rings. The molecule has 0 saturated carbocycles. The van der Waals surface area contributed by atoms with Gasteiger partial charge in [-0.1, -0.05) is 19.4 Å². The van der Waals surface area contributed by atoms with Crippen LogP contribution in [0.4, 0.5) is 4.79 Å². The van der Waals surface area contributed by atoms with Crippen molar-refractivity contribution < 1.29 is 14.7 Å². The van der Waals surface area contributed by atoms with E-state index in [0.717, 1.165) is 18.4 Å². The van der Waals surface area contributed by atoms with Gasteiger partial charge < -0.3 is 15.7 Å². The first-order valence-electron chi connectivity index (χ1n) is 6.25. The summed E-state index contributed by atoms with van der Waals surface area (Å²) in [5.74, 6) is -1.06. The van der Waals surface area contributed by atoms with Gasteiger partial charge in [-0.05, 0) is 25.0 Å². The Morgan fingerprint density at radius 2 is 2.16 bits per heavy atom. The van der Waals surface area contributed by atoms with Crippen LogP contribution in [0.5, 0.6) is 0 Å². The van der Waals surface area contributed by atoms with Gasteiger partial charge in [0.15, 0.2) is 0 Å². The summed E-state index contributed by atoms with van der Waals surface area (Å²) in [7, 11) is 0. The monoisotopic (exact) mass is 265 g/mol. The van der Waals surface area contributed by atoms with Gasteiger partial charge >= 0.3 is 12.0 Å². The SMILES string of the molecule is CCCC(C)NC(=O)NCc1ccc(C(=O)O)nc1. The maximum atomic E-state index is 11.5. The molecule has 6 heteroatoms. The highest BCUT2D eigenvalue weighted by Crippen LogP contribution is 2.00. The zero-order chi connectivity index (χ0) is 14.3. The van der Waals surface area contributed by atoms with E-state index in [1.54, 1.807) is 6.07 Å². The van der Waals surface area contributed by atoms with Crippen molar-refractivity contribution in [1.82, 2.24) is 15.6 Å². The molecule has 1 aromatic rings. The number of nitrogens with one attached hydrogen (secondary N) is 2. The summed E-state index contributed by atoms with van der Waals surface area (Å²) in [4.78, 5) is 25.9. The average Bonchev–Trinajstić information content (AvgIpc) is 2.37. The van der Waals surface area contributed by atoms with Crippen LogP contribution in [0.2, 0.25) is 0 Å². The standard InChI is InChI=1S/C13H19N3O3/c1-3-4-9(2)16-13(19)15-8-10-5-6-11(12(17)18)14-7-10/h5-7,9H,3-4,8H2,1-2H3,(H,17,18)(H2,15,16,19). The maximum Gasteiger partial charge on any atom is 0.354 e. The lowest BCUT2D eigenvalue weighted by molar-refractivity contribution is 0.0690. The van der Waals surface area contributed by atoms with Gasteiger partial charge in [0.2, 0.25) is 0 Å². The van der Waals surface area contributed by atoms with Crippen molar-refractivity contribution in [3.05, 3.63) is 29.6 Å². The highest BCUT2D eigenvalue weighted by molar-refractivity contribution is 5.85. The number of rotatable bonds is 6. The molecule has 1 unspecified atom stereocenters. The van der Waals surface area contributed by atoms with Crippen LogP contribution in [0.3, 0.4) is 0 Å². The van der Waals surface area contributed by atoms with Gasteiger partial charge in [0.05, 0.1) is 0 Å². The first-order chi connectivity index (χ1) is 9.02. The molecule has 0 radical (unpaired) electrons. The van der Waals surface area contributed by atoms with Crippen LogP contribution in [0, 0.1) is 0 Å². The Labute approximate surface area is 112 Å². The van der Waals surface area contributed by atoms with E-state index in [1.807, 2.05) is 6.92 Å². The van der Waals surface area contributed by atoms with Crippen molar-refractivity contribution in [3.63, 3.8) is 0 Å². The van der Waals surface area contributed by atoms with Gasteiger partial charge in [-0.15, -0.1) is 0 Å². The largest absolute Gasteiger partial charge is 0.477 e. The molecule has 6 nitrogen and oxygen atoms in total. The van der Waals surface area contributed by atoms with Crippen LogP contribution in [0.15, 0.2) is 18.3 Å². The van der Waals surface area contributed by atoms with Crippen molar-refractivity contribution in [3.8, 4) is 0 Å². The van der Waals surface area contributed by atoms with E-state index in [0.29, 0.717) is 6.54 Å². The van der Waals surface area contributed by atoms with Crippen molar-refractivity contribution in [1.29, 1.82) is 0 Å². The van der Waals surface area contributed by atoms with Gasteiger partial charge in [0.1, 0.15) is 5.69 Å². The fourth-order valence-corrected chi connectivity index (χ4v) is 1.62. The summed E-state index contributed by atoms with van der Waals surface area (Å²) in [6.07, 6.45) is 3.39. The van der Waals surface area contributed by atoms with Gasteiger partial charge in [-0.3, -0.25) is 0 Å². The lowest BCUT2D eigenvalue weighted by Gasteiger charge is -2.13. The Morgan fingerprint density at radius 3 is 2.68 bits per heavy atom. The third-order valence-corrected chi connectivity index (χ3v) is 2.60. The van der Waals surface area contributed by atoms with Crippen LogP contribution < -0.4 is 10.6 Å². The van der Waals surface area contributed by atoms with Crippen molar-refractivity contribution in [2.75, 3.05) is 0 Å². The normalized spacial score (nSPS) is 11.7. The molecule has 0 aliphatic carbocycles. The third-order valence-electron chi connectivity index (χ3n) is 2.60. The molecular weight excluding hydrogens is 246 g/mol. The quantitative estimate of drug-likeness (QED) is 0.731. The fourth-order valence-electron chi connectivity index (χ4n) is 1.62. The van der Waals surface area contributed by atoms with Crippen LogP contribution in [-0.2, 0) is 6.54 Å². The smallest absolute Gasteiger partial charge is 0.354 e. The number of carbonyl (C=O) groups is 2. The third kappa shape index (κ3) is 5.37. The zero-order valence-corrected chi connectivity index (χ0v) is 11.1. The van der Waals surface area contributed by atoms with Gasteiger partial charge in [0, 0.05) is 18.8 Å². The van der Waals surface area contributed by atoms with Crippen LogP contribution in [0.25, 0.3) is 0 Å². The molecule has 0 aliphatic rings. The summed E-state index contributed by atoms with van der Waals surface area (Å²) in [5, 5.41) is 14.2. The van der Waals surface area contributed by atoms with E-state index in [2.05, 4.69) is 22.5 Å². The molecule has 0 aromatic carbocycles. The average molecular weight is 265 g/mol. The van der Waals surface area contributed by atoms with E-state index in [4.69, 9.17) is 5.11 Å². The molecule has 1 rings (SSSR count). The number of carboxylic acids is 1. The second-order valence-electron chi connectivity index (χ2n) is 4.37. The van der Waals surface area contributed by atoms with Crippen molar-refractivity contribution in [2.45, 2.75) is 39.3 Å². The lowest BCUT2D eigenvalue weighted by Crippen LogP contribution is -2.40. The highest BCUT2D eigenvalue weighted by atomic mass is 16.4. The Balaban J connectivity index is 2.39. The first-order valence-corrected chi connectivity index (χ1v) is 6.25. The molecule has 0 spiro atoms. The summed E-state index contributed by atoms with van der Waals surface area (Å²) in [5.41, 5.74) is 0.744. The number of nitrogens with zero attached hydrogens (tertiary/aromatic N) is 1. The van der Waals surface area contributed by atoms with Crippen molar-refractivity contribution >= 4 is 12.0 Å². The summed E-state index contributed by atoms with van der Waals surface area (Å²) in [6, 6.07) is 2.95. The van der Waals surface area contributed by atoms with E-state index in [9.17, 15) is 9.59 Å². The Hall–Kier alpha value is -2.11. The van der Waals surface area contributed by atoms with Gasteiger partial charge in [-0.2, -0.15) is 0 Å². The maximum absolute atomic E-state index is 11.5. The van der Waals surface area contributed by atoms with Crippen LogP contribution in [0.1, 0.15) is 42.7 Å². The molecule has 0 bridgehead atoms.